The van der Waals surface area contributed by atoms with Crippen LogP contribution in [0.4, 0.5) is 0 Å². The molecule has 0 atom stereocenters. The van der Waals surface area contributed by atoms with Crippen molar-refractivity contribution in [1.29, 1.82) is 0 Å². The van der Waals surface area contributed by atoms with Gasteiger partial charge in [0.15, 0.2) is 0 Å². The Kier molecular flexibility index (Phi) is 2.77. The van der Waals surface area contributed by atoms with Gasteiger partial charge in [-0.1, -0.05) is 12.1 Å². The predicted molar refractivity (Wildman–Crippen MR) is 61.4 cm³/mol. The average Bonchev–Trinajstić information content (AvgIpc) is 2.33. The van der Waals surface area contributed by atoms with Crippen LogP contribution in [-0.2, 0) is 0 Å². The first-order valence-corrected chi connectivity index (χ1v) is 5.06. The zero-order valence-electron chi connectivity index (χ0n) is 9.27. The van der Waals surface area contributed by atoms with Gasteiger partial charge in [-0.3, -0.25) is 4.79 Å². The van der Waals surface area contributed by atoms with Gasteiger partial charge >= 0.3 is 0 Å². The Morgan fingerprint density at radius 3 is 2.56 bits per heavy atom. The van der Waals surface area contributed by atoms with E-state index < -0.39 is 0 Å². The molecule has 0 saturated heterocycles. The van der Waals surface area contributed by atoms with E-state index >= 15 is 0 Å². The third-order valence-electron chi connectivity index (χ3n) is 2.58. The van der Waals surface area contributed by atoms with Crippen molar-refractivity contribution in [3.63, 3.8) is 0 Å². The van der Waals surface area contributed by atoms with Gasteiger partial charge < -0.3 is 0 Å². The number of aryl methyl sites for hydroxylation is 2. The van der Waals surface area contributed by atoms with Gasteiger partial charge in [0.2, 0.25) is 5.78 Å². The van der Waals surface area contributed by atoms with Gasteiger partial charge in [-0.05, 0) is 37.1 Å². The summed E-state index contributed by atoms with van der Waals surface area (Å²) in [6.07, 6.45) is 2.95. The summed E-state index contributed by atoms with van der Waals surface area (Å²) in [6.45, 7) is 4.01. The topological polar surface area (TPSA) is 42.9 Å². The van der Waals surface area contributed by atoms with Crippen LogP contribution < -0.4 is 0 Å². The fraction of sp³-hybridized carbons (Fsp3) is 0.154. The van der Waals surface area contributed by atoms with Gasteiger partial charge in [-0.15, -0.1) is 0 Å². The van der Waals surface area contributed by atoms with Crippen LogP contribution in [0.1, 0.15) is 27.2 Å². The Morgan fingerprint density at radius 2 is 1.94 bits per heavy atom. The minimum Gasteiger partial charge on any atom is -0.287 e. The van der Waals surface area contributed by atoms with Crippen molar-refractivity contribution in [2.75, 3.05) is 0 Å². The second-order valence-corrected chi connectivity index (χ2v) is 3.72. The van der Waals surface area contributed by atoms with Crippen LogP contribution in [0.5, 0.6) is 0 Å². The lowest BCUT2D eigenvalue weighted by Gasteiger charge is -2.03. The number of carbonyl (C=O) groups is 1. The summed E-state index contributed by atoms with van der Waals surface area (Å²) in [5.41, 5.74) is 3.39. The molecule has 2 aromatic rings. The molecule has 0 radical (unpaired) electrons. The Bertz CT molecular complexity index is 521. The quantitative estimate of drug-likeness (QED) is 0.717. The van der Waals surface area contributed by atoms with Crippen LogP contribution in [0.25, 0.3) is 0 Å². The van der Waals surface area contributed by atoms with Crippen LogP contribution in [0, 0.1) is 13.8 Å². The smallest absolute Gasteiger partial charge is 0.211 e. The SMILES string of the molecule is Cc1ccc(C(=O)c2ccncn2)cc1C. The standard InChI is InChI=1S/C13H12N2O/c1-9-3-4-11(7-10(9)2)13(16)12-5-6-14-8-15-12/h3-8H,1-2H3. The fourth-order valence-electron chi connectivity index (χ4n) is 1.46. The number of rotatable bonds is 2. The van der Waals surface area contributed by atoms with Crippen molar-refractivity contribution >= 4 is 5.78 Å². The molecule has 16 heavy (non-hydrogen) atoms. The van der Waals surface area contributed by atoms with Crippen molar-refractivity contribution in [2.24, 2.45) is 0 Å². The van der Waals surface area contributed by atoms with Crippen LogP contribution in [0.2, 0.25) is 0 Å². The molecule has 0 fully saturated rings. The highest BCUT2D eigenvalue weighted by Crippen LogP contribution is 2.12. The van der Waals surface area contributed by atoms with Crippen molar-refractivity contribution in [3.05, 3.63) is 59.2 Å². The third-order valence-corrected chi connectivity index (χ3v) is 2.58. The molecule has 2 rings (SSSR count). The molecule has 0 bridgehead atoms. The number of hydrogen-bond acceptors (Lipinski definition) is 3. The zero-order chi connectivity index (χ0) is 11.5. The first kappa shape index (κ1) is 10.5. The molecule has 3 nitrogen and oxygen atoms in total. The lowest BCUT2D eigenvalue weighted by Crippen LogP contribution is -2.04. The first-order valence-electron chi connectivity index (χ1n) is 5.06. The summed E-state index contributed by atoms with van der Waals surface area (Å²) in [5, 5.41) is 0. The third kappa shape index (κ3) is 1.98. The van der Waals surface area contributed by atoms with E-state index in [4.69, 9.17) is 0 Å². The van der Waals surface area contributed by atoms with Crippen LogP contribution >= 0.6 is 0 Å². The summed E-state index contributed by atoms with van der Waals surface area (Å²) in [7, 11) is 0. The zero-order valence-corrected chi connectivity index (χ0v) is 9.27. The number of aromatic nitrogens is 2. The molecule has 0 spiro atoms. The first-order chi connectivity index (χ1) is 7.68. The fourth-order valence-corrected chi connectivity index (χ4v) is 1.46. The normalized spacial score (nSPS) is 10.1. The molecule has 1 aromatic carbocycles. The molecule has 0 saturated carbocycles. The van der Waals surface area contributed by atoms with E-state index in [9.17, 15) is 4.79 Å². The summed E-state index contributed by atoms with van der Waals surface area (Å²) in [6, 6.07) is 7.29. The van der Waals surface area contributed by atoms with E-state index in [-0.39, 0.29) is 5.78 Å². The van der Waals surface area contributed by atoms with E-state index in [2.05, 4.69) is 9.97 Å². The second-order valence-electron chi connectivity index (χ2n) is 3.72. The Balaban J connectivity index is 2.39. The number of hydrogen-bond donors (Lipinski definition) is 0. The minimum absolute atomic E-state index is 0.0644. The molecule has 0 N–H and O–H groups in total. The maximum absolute atomic E-state index is 12.0. The highest BCUT2D eigenvalue weighted by Gasteiger charge is 2.10. The molecule has 3 heteroatoms. The van der Waals surface area contributed by atoms with Crippen molar-refractivity contribution in [3.8, 4) is 0 Å². The van der Waals surface area contributed by atoms with Crippen LogP contribution in [-0.4, -0.2) is 15.8 Å². The van der Waals surface area contributed by atoms with E-state index in [1.165, 1.54) is 11.9 Å². The van der Waals surface area contributed by atoms with Gasteiger partial charge in [-0.25, -0.2) is 9.97 Å². The summed E-state index contributed by atoms with van der Waals surface area (Å²) < 4.78 is 0. The van der Waals surface area contributed by atoms with Crippen LogP contribution in [0.3, 0.4) is 0 Å². The van der Waals surface area contributed by atoms with E-state index in [0.717, 1.165) is 5.56 Å². The molecule has 80 valence electrons. The Hall–Kier alpha value is -2.03. The largest absolute Gasteiger partial charge is 0.287 e. The van der Waals surface area contributed by atoms with E-state index in [1.54, 1.807) is 12.3 Å². The molecule has 1 heterocycles. The molecule has 0 aliphatic heterocycles. The highest BCUT2D eigenvalue weighted by molar-refractivity contribution is 6.07. The number of nitrogens with zero attached hydrogens (tertiary/aromatic N) is 2. The molecular weight excluding hydrogens is 200 g/mol. The monoisotopic (exact) mass is 212 g/mol. The Morgan fingerprint density at radius 1 is 1.12 bits per heavy atom. The van der Waals surface area contributed by atoms with Gasteiger partial charge in [0, 0.05) is 11.8 Å². The molecular formula is C13H12N2O. The van der Waals surface area contributed by atoms with Crippen LogP contribution in [0.15, 0.2) is 36.8 Å². The summed E-state index contributed by atoms with van der Waals surface area (Å²) in [5.74, 6) is -0.0644. The second kappa shape index (κ2) is 4.23. The van der Waals surface area contributed by atoms with Crippen molar-refractivity contribution in [2.45, 2.75) is 13.8 Å². The minimum atomic E-state index is -0.0644. The van der Waals surface area contributed by atoms with Gasteiger partial charge in [0.1, 0.15) is 12.0 Å². The lowest BCUT2D eigenvalue weighted by atomic mass is 10.0. The van der Waals surface area contributed by atoms with Gasteiger partial charge in [0.05, 0.1) is 0 Å². The molecule has 0 amide bonds. The average molecular weight is 212 g/mol. The molecule has 0 aliphatic rings. The summed E-state index contributed by atoms with van der Waals surface area (Å²) >= 11 is 0. The Labute approximate surface area is 94.2 Å². The lowest BCUT2D eigenvalue weighted by molar-refractivity contribution is 0.103. The maximum atomic E-state index is 12.0. The van der Waals surface area contributed by atoms with Crippen molar-refractivity contribution < 1.29 is 4.79 Å². The summed E-state index contributed by atoms with van der Waals surface area (Å²) in [4.78, 5) is 19.8. The number of carbonyl (C=O) groups excluding carboxylic acids is 1. The van der Waals surface area contributed by atoms with Gasteiger partial charge in [0.25, 0.3) is 0 Å². The van der Waals surface area contributed by atoms with Crippen molar-refractivity contribution in [1.82, 2.24) is 9.97 Å². The van der Waals surface area contributed by atoms with E-state index in [1.807, 2.05) is 32.0 Å². The highest BCUT2D eigenvalue weighted by atomic mass is 16.1. The van der Waals surface area contributed by atoms with E-state index in [0.29, 0.717) is 11.3 Å². The van der Waals surface area contributed by atoms with Gasteiger partial charge in [-0.2, -0.15) is 0 Å². The maximum Gasteiger partial charge on any atom is 0.211 e. The number of benzene rings is 1. The number of ketones is 1. The molecule has 1 aromatic heterocycles. The molecule has 0 aliphatic carbocycles. The predicted octanol–water partition coefficient (Wildman–Crippen LogP) is 2.32. The molecule has 0 unspecified atom stereocenters.